The predicted octanol–water partition coefficient (Wildman–Crippen LogP) is 3.19. The summed E-state index contributed by atoms with van der Waals surface area (Å²) in [6.07, 6.45) is 0.138. The number of hydrogen-bond donors (Lipinski definition) is 2. The highest BCUT2D eigenvalue weighted by Gasteiger charge is 2.13. The van der Waals surface area contributed by atoms with Gasteiger partial charge in [0.2, 0.25) is 0 Å². The summed E-state index contributed by atoms with van der Waals surface area (Å²) >= 11 is 5.92. The number of ether oxygens (including phenoxy) is 1. The van der Waals surface area contributed by atoms with E-state index >= 15 is 0 Å². The Labute approximate surface area is 149 Å². The van der Waals surface area contributed by atoms with Gasteiger partial charge >= 0.3 is 5.97 Å². The number of carbonyl (C=O) groups is 3. The Morgan fingerprint density at radius 3 is 2.56 bits per heavy atom. The van der Waals surface area contributed by atoms with E-state index in [1.54, 1.807) is 30.3 Å². The smallest absolute Gasteiger partial charge is 0.337 e. The number of carbonyl (C=O) groups excluding carboxylic acids is 2. The van der Waals surface area contributed by atoms with E-state index in [1.165, 1.54) is 19.1 Å². The molecule has 2 aromatic rings. The largest absolute Gasteiger partial charge is 0.483 e. The zero-order valence-electron chi connectivity index (χ0n) is 13.4. The molecular weight excluding hydrogens is 346 g/mol. The average molecular weight is 362 g/mol. The van der Waals surface area contributed by atoms with Crippen LogP contribution in [-0.4, -0.2) is 29.4 Å². The van der Waals surface area contributed by atoms with E-state index < -0.39 is 11.9 Å². The minimum absolute atomic E-state index is 0.0142. The molecule has 0 saturated heterocycles. The highest BCUT2D eigenvalue weighted by molar-refractivity contribution is 6.30. The summed E-state index contributed by atoms with van der Waals surface area (Å²) in [5.74, 6) is -1.34. The van der Waals surface area contributed by atoms with Crippen molar-refractivity contribution < 1.29 is 24.2 Å². The van der Waals surface area contributed by atoms with Gasteiger partial charge in [-0.25, -0.2) is 4.79 Å². The Bertz CT molecular complexity index is 819. The summed E-state index contributed by atoms with van der Waals surface area (Å²) < 4.78 is 5.46. The second-order valence-corrected chi connectivity index (χ2v) is 5.75. The third-order valence-corrected chi connectivity index (χ3v) is 3.49. The van der Waals surface area contributed by atoms with Crippen molar-refractivity contribution in [2.75, 3.05) is 11.9 Å². The van der Waals surface area contributed by atoms with Gasteiger partial charge in [0, 0.05) is 17.0 Å². The summed E-state index contributed by atoms with van der Waals surface area (Å²) in [5.41, 5.74) is 0.752. The number of ketones is 1. The fourth-order valence-electron chi connectivity index (χ4n) is 2.20. The molecule has 0 saturated carbocycles. The van der Waals surface area contributed by atoms with Gasteiger partial charge < -0.3 is 15.2 Å². The topological polar surface area (TPSA) is 92.7 Å². The lowest BCUT2D eigenvalue weighted by Gasteiger charge is -2.12. The number of halogens is 1. The lowest BCUT2D eigenvalue weighted by molar-refractivity contribution is -0.118. The number of Topliss-reactive ketones (excluding diaryl/α,β-unsaturated/α-hetero) is 1. The Hall–Kier alpha value is -2.86. The van der Waals surface area contributed by atoms with Crippen LogP contribution in [0.15, 0.2) is 42.5 Å². The van der Waals surface area contributed by atoms with Crippen LogP contribution in [0.25, 0.3) is 0 Å². The van der Waals surface area contributed by atoms with E-state index in [-0.39, 0.29) is 30.1 Å². The van der Waals surface area contributed by atoms with E-state index in [4.69, 9.17) is 21.4 Å². The molecule has 0 aromatic heterocycles. The van der Waals surface area contributed by atoms with Gasteiger partial charge in [-0.15, -0.1) is 0 Å². The SMILES string of the molecule is CC(=O)Cc1cc(Cl)ccc1OCC(=O)Nc1ccccc1C(=O)O. The molecule has 0 aliphatic rings. The molecule has 1 amide bonds. The van der Waals surface area contributed by atoms with Crippen LogP contribution in [0.3, 0.4) is 0 Å². The quantitative estimate of drug-likeness (QED) is 0.790. The molecular formula is C18H16ClNO5. The van der Waals surface area contributed by atoms with Gasteiger partial charge in [0.15, 0.2) is 6.61 Å². The fourth-order valence-corrected chi connectivity index (χ4v) is 2.40. The van der Waals surface area contributed by atoms with Crippen LogP contribution in [0.2, 0.25) is 5.02 Å². The first kappa shape index (κ1) is 18.5. The highest BCUT2D eigenvalue weighted by atomic mass is 35.5. The standard InChI is InChI=1S/C18H16ClNO5/c1-11(21)8-12-9-13(19)6-7-16(12)25-10-17(22)20-15-5-3-2-4-14(15)18(23)24/h2-7,9H,8,10H2,1H3,(H,20,22)(H,23,24). The first-order chi connectivity index (χ1) is 11.9. The lowest BCUT2D eigenvalue weighted by atomic mass is 10.1. The maximum atomic E-state index is 12.0. The molecule has 0 fully saturated rings. The van der Waals surface area contributed by atoms with Gasteiger partial charge in [-0.3, -0.25) is 9.59 Å². The van der Waals surface area contributed by atoms with Crippen molar-refractivity contribution in [3.8, 4) is 5.75 Å². The number of carboxylic acid groups (broad SMARTS) is 1. The maximum Gasteiger partial charge on any atom is 0.337 e. The number of amides is 1. The number of hydrogen-bond acceptors (Lipinski definition) is 4. The van der Waals surface area contributed by atoms with Gasteiger partial charge in [0.05, 0.1) is 11.3 Å². The summed E-state index contributed by atoms with van der Waals surface area (Å²) in [4.78, 5) is 34.5. The zero-order valence-corrected chi connectivity index (χ0v) is 14.2. The molecule has 0 aliphatic carbocycles. The molecule has 0 aliphatic heterocycles. The van der Waals surface area contributed by atoms with Crippen LogP contribution in [-0.2, 0) is 16.0 Å². The van der Waals surface area contributed by atoms with E-state index in [2.05, 4.69) is 5.32 Å². The molecule has 130 valence electrons. The van der Waals surface area contributed by atoms with Crippen molar-refractivity contribution >= 4 is 34.9 Å². The predicted molar refractivity (Wildman–Crippen MR) is 93.4 cm³/mol. The van der Waals surface area contributed by atoms with E-state index in [0.29, 0.717) is 16.3 Å². The first-order valence-corrected chi connectivity index (χ1v) is 7.77. The third kappa shape index (κ3) is 5.32. The Morgan fingerprint density at radius 1 is 1.16 bits per heavy atom. The monoisotopic (exact) mass is 361 g/mol. The molecule has 0 radical (unpaired) electrons. The van der Waals surface area contributed by atoms with Crippen molar-refractivity contribution in [1.29, 1.82) is 0 Å². The molecule has 2 aromatic carbocycles. The summed E-state index contributed by atoms with van der Waals surface area (Å²) in [6.45, 7) is 1.11. The van der Waals surface area contributed by atoms with Crippen LogP contribution in [0.4, 0.5) is 5.69 Å². The number of para-hydroxylation sites is 1. The molecule has 7 heteroatoms. The van der Waals surface area contributed by atoms with Gasteiger partial charge in [-0.2, -0.15) is 0 Å². The number of carboxylic acids is 1. The third-order valence-electron chi connectivity index (χ3n) is 3.25. The fraction of sp³-hybridized carbons (Fsp3) is 0.167. The molecule has 6 nitrogen and oxygen atoms in total. The van der Waals surface area contributed by atoms with Crippen LogP contribution in [0.1, 0.15) is 22.8 Å². The van der Waals surface area contributed by atoms with Crippen LogP contribution in [0, 0.1) is 0 Å². The second-order valence-electron chi connectivity index (χ2n) is 5.32. The Morgan fingerprint density at radius 2 is 1.88 bits per heavy atom. The van der Waals surface area contributed by atoms with E-state index in [1.807, 2.05) is 0 Å². The van der Waals surface area contributed by atoms with Gasteiger partial charge in [-0.05, 0) is 37.3 Å². The lowest BCUT2D eigenvalue weighted by Crippen LogP contribution is -2.22. The molecule has 0 spiro atoms. The van der Waals surface area contributed by atoms with Gasteiger partial charge in [0.25, 0.3) is 5.91 Å². The molecule has 0 bridgehead atoms. The summed E-state index contributed by atoms with van der Waals surface area (Å²) in [6, 6.07) is 10.9. The van der Waals surface area contributed by atoms with Gasteiger partial charge in [-0.1, -0.05) is 23.7 Å². The van der Waals surface area contributed by atoms with Crippen molar-refractivity contribution in [3.05, 3.63) is 58.6 Å². The number of aromatic carboxylic acids is 1. The number of rotatable bonds is 7. The zero-order chi connectivity index (χ0) is 18.4. The van der Waals surface area contributed by atoms with Crippen molar-refractivity contribution in [2.45, 2.75) is 13.3 Å². The summed E-state index contributed by atoms with van der Waals surface area (Å²) in [7, 11) is 0. The number of nitrogens with one attached hydrogen (secondary N) is 1. The van der Waals surface area contributed by atoms with Crippen molar-refractivity contribution in [3.63, 3.8) is 0 Å². The van der Waals surface area contributed by atoms with E-state index in [9.17, 15) is 14.4 Å². The Kier molecular flexibility index (Phi) is 6.14. The van der Waals surface area contributed by atoms with Crippen LogP contribution >= 0.6 is 11.6 Å². The normalized spacial score (nSPS) is 10.2. The number of anilines is 1. The molecule has 2 N–H and O–H groups in total. The second kappa shape index (κ2) is 8.30. The van der Waals surface area contributed by atoms with Crippen LogP contribution in [0.5, 0.6) is 5.75 Å². The average Bonchev–Trinajstić information content (AvgIpc) is 2.54. The number of benzene rings is 2. The van der Waals surface area contributed by atoms with E-state index in [0.717, 1.165) is 0 Å². The summed E-state index contributed by atoms with van der Waals surface area (Å²) in [5, 5.41) is 12.1. The molecule has 0 heterocycles. The maximum absolute atomic E-state index is 12.0. The van der Waals surface area contributed by atoms with Gasteiger partial charge in [0.1, 0.15) is 11.5 Å². The van der Waals surface area contributed by atoms with Crippen molar-refractivity contribution in [1.82, 2.24) is 0 Å². The highest BCUT2D eigenvalue weighted by Crippen LogP contribution is 2.24. The molecule has 0 atom stereocenters. The first-order valence-electron chi connectivity index (χ1n) is 7.39. The molecule has 0 unspecified atom stereocenters. The van der Waals surface area contributed by atoms with Crippen molar-refractivity contribution in [2.24, 2.45) is 0 Å². The molecule has 25 heavy (non-hydrogen) atoms. The minimum atomic E-state index is -1.14. The van der Waals surface area contributed by atoms with Crippen LogP contribution < -0.4 is 10.1 Å². The Balaban J connectivity index is 2.06. The minimum Gasteiger partial charge on any atom is -0.483 e. The molecule has 2 rings (SSSR count).